The highest BCUT2D eigenvalue weighted by atomic mass is 35.5. The van der Waals surface area contributed by atoms with Gasteiger partial charge < -0.3 is 20.0 Å². The lowest BCUT2D eigenvalue weighted by Gasteiger charge is -2.37. The molecule has 0 aromatic rings. The van der Waals surface area contributed by atoms with Crippen LogP contribution in [0.4, 0.5) is 0 Å². The Balaban J connectivity index is 0.00000225. The predicted molar refractivity (Wildman–Crippen MR) is 126 cm³/mol. The van der Waals surface area contributed by atoms with Crippen molar-refractivity contribution in [2.75, 3.05) is 58.9 Å². The predicted octanol–water partition coefficient (Wildman–Crippen LogP) is 2.65. The molecule has 1 unspecified atom stereocenters. The highest BCUT2D eigenvalue weighted by Crippen LogP contribution is 2.27. The third-order valence-corrected chi connectivity index (χ3v) is 7.29. The Labute approximate surface area is 195 Å². The van der Waals surface area contributed by atoms with E-state index in [1.807, 2.05) is 4.90 Å². The van der Waals surface area contributed by atoms with Crippen LogP contribution >= 0.6 is 24.8 Å². The lowest BCUT2D eigenvalue weighted by Crippen LogP contribution is -2.49. The van der Waals surface area contributed by atoms with E-state index in [2.05, 4.69) is 29.0 Å². The van der Waals surface area contributed by atoms with Gasteiger partial charge in [-0.2, -0.15) is 0 Å². The van der Waals surface area contributed by atoms with Gasteiger partial charge in [-0.05, 0) is 63.1 Å². The van der Waals surface area contributed by atoms with Gasteiger partial charge in [-0.1, -0.05) is 13.8 Å². The van der Waals surface area contributed by atoms with Crippen molar-refractivity contribution in [3.8, 4) is 0 Å². The normalized spacial score (nSPS) is 22.7. The molecule has 0 aromatic heterocycles. The SMILES string of the molecule is CCN1CCN(C(=O)CC2CCN(C(=O)CC(C)C3CCNCC3)CC2)CC1.Cl.Cl. The number of likely N-dealkylation sites (N-methyl/N-ethyl adjacent to an activating group) is 1. The van der Waals surface area contributed by atoms with Gasteiger partial charge in [-0.25, -0.2) is 0 Å². The second kappa shape index (κ2) is 13.8. The van der Waals surface area contributed by atoms with Crippen LogP contribution in [-0.2, 0) is 9.59 Å². The number of carbonyl (C=O) groups is 2. The Morgan fingerprint density at radius 3 is 2.00 bits per heavy atom. The summed E-state index contributed by atoms with van der Waals surface area (Å²) >= 11 is 0. The molecule has 2 amide bonds. The summed E-state index contributed by atoms with van der Waals surface area (Å²) < 4.78 is 0. The van der Waals surface area contributed by atoms with Crippen molar-refractivity contribution in [3.05, 3.63) is 0 Å². The molecule has 1 N–H and O–H groups in total. The number of rotatable bonds is 6. The molecule has 1 atom stereocenters. The first-order valence-electron chi connectivity index (χ1n) is 11.6. The Morgan fingerprint density at radius 1 is 0.867 bits per heavy atom. The molecular weight excluding hydrogens is 423 g/mol. The molecule has 0 spiro atoms. The Bertz CT molecular complexity index is 515. The lowest BCUT2D eigenvalue weighted by molar-refractivity contribution is -0.135. The summed E-state index contributed by atoms with van der Waals surface area (Å²) in [4.78, 5) is 31.8. The third kappa shape index (κ3) is 7.85. The Hall–Kier alpha value is -0.560. The van der Waals surface area contributed by atoms with Crippen molar-refractivity contribution in [1.82, 2.24) is 20.0 Å². The smallest absolute Gasteiger partial charge is 0.222 e. The summed E-state index contributed by atoms with van der Waals surface area (Å²) in [5, 5.41) is 3.41. The fourth-order valence-corrected chi connectivity index (χ4v) is 5.06. The van der Waals surface area contributed by atoms with Gasteiger partial charge in [0.1, 0.15) is 0 Å². The van der Waals surface area contributed by atoms with Gasteiger partial charge in [0.2, 0.25) is 11.8 Å². The zero-order chi connectivity index (χ0) is 19.9. The monoisotopic (exact) mass is 464 g/mol. The minimum absolute atomic E-state index is 0. The van der Waals surface area contributed by atoms with Crippen molar-refractivity contribution < 1.29 is 9.59 Å². The maximum Gasteiger partial charge on any atom is 0.222 e. The van der Waals surface area contributed by atoms with E-state index in [-0.39, 0.29) is 24.8 Å². The minimum Gasteiger partial charge on any atom is -0.343 e. The first-order valence-corrected chi connectivity index (χ1v) is 11.6. The second-order valence-electron chi connectivity index (χ2n) is 9.11. The van der Waals surface area contributed by atoms with Crippen molar-refractivity contribution in [1.29, 1.82) is 0 Å². The lowest BCUT2D eigenvalue weighted by atomic mass is 9.83. The Morgan fingerprint density at radius 2 is 1.43 bits per heavy atom. The van der Waals surface area contributed by atoms with E-state index in [4.69, 9.17) is 0 Å². The molecule has 176 valence electrons. The van der Waals surface area contributed by atoms with Crippen LogP contribution in [0.15, 0.2) is 0 Å². The minimum atomic E-state index is 0. The van der Waals surface area contributed by atoms with Gasteiger partial charge in [-0.15, -0.1) is 24.8 Å². The fraction of sp³-hybridized carbons (Fsp3) is 0.909. The zero-order valence-corrected chi connectivity index (χ0v) is 20.4. The average molecular weight is 466 g/mol. The molecule has 3 fully saturated rings. The maximum atomic E-state index is 12.7. The summed E-state index contributed by atoms with van der Waals surface area (Å²) in [6.07, 6.45) is 5.72. The zero-order valence-electron chi connectivity index (χ0n) is 18.8. The van der Waals surface area contributed by atoms with Crippen molar-refractivity contribution in [2.24, 2.45) is 17.8 Å². The number of piperazine rings is 1. The van der Waals surface area contributed by atoms with Gasteiger partial charge in [0, 0.05) is 52.1 Å². The van der Waals surface area contributed by atoms with E-state index < -0.39 is 0 Å². The second-order valence-corrected chi connectivity index (χ2v) is 9.11. The molecule has 3 aliphatic heterocycles. The number of hydrogen-bond acceptors (Lipinski definition) is 4. The summed E-state index contributed by atoms with van der Waals surface area (Å²) in [6.45, 7) is 13.1. The van der Waals surface area contributed by atoms with Crippen LogP contribution < -0.4 is 5.32 Å². The molecule has 30 heavy (non-hydrogen) atoms. The highest BCUT2D eigenvalue weighted by Gasteiger charge is 2.29. The molecule has 6 nitrogen and oxygen atoms in total. The van der Waals surface area contributed by atoms with Gasteiger partial charge in [0.25, 0.3) is 0 Å². The number of nitrogens with zero attached hydrogens (tertiary/aromatic N) is 3. The number of likely N-dealkylation sites (tertiary alicyclic amines) is 1. The molecule has 0 aromatic carbocycles. The van der Waals surface area contributed by atoms with Crippen LogP contribution in [-0.4, -0.2) is 85.4 Å². The molecule has 3 aliphatic rings. The Kier molecular flexibility index (Phi) is 12.6. The van der Waals surface area contributed by atoms with Gasteiger partial charge in [-0.3, -0.25) is 9.59 Å². The van der Waals surface area contributed by atoms with Crippen LogP contribution in [0.25, 0.3) is 0 Å². The van der Waals surface area contributed by atoms with E-state index in [1.165, 1.54) is 12.8 Å². The number of halogens is 2. The summed E-state index contributed by atoms with van der Waals surface area (Å²) in [5.41, 5.74) is 0. The van der Waals surface area contributed by atoms with Gasteiger partial charge in [0.05, 0.1) is 0 Å². The molecule has 0 saturated carbocycles. The number of hydrogen-bond donors (Lipinski definition) is 1. The first kappa shape index (κ1) is 27.5. The van der Waals surface area contributed by atoms with E-state index in [0.717, 1.165) is 71.7 Å². The fourth-order valence-electron chi connectivity index (χ4n) is 5.06. The maximum absolute atomic E-state index is 12.7. The van der Waals surface area contributed by atoms with Crippen molar-refractivity contribution in [3.63, 3.8) is 0 Å². The number of carbonyl (C=O) groups excluding carboxylic acids is 2. The van der Waals surface area contributed by atoms with Gasteiger partial charge in [0.15, 0.2) is 0 Å². The van der Waals surface area contributed by atoms with Crippen LogP contribution in [0, 0.1) is 17.8 Å². The van der Waals surface area contributed by atoms with E-state index in [9.17, 15) is 9.59 Å². The first-order chi connectivity index (χ1) is 13.6. The average Bonchev–Trinajstić information content (AvgIpc) is 2.74. The third-order valence-electron chi connectivity index (χ3n) is 7.29. The highest BCUT2D eigenvalue weighted by molar-refractivity contribution is 5.85. The molecule has 3 saturated heterocycles. The van der Waals surface area contributed by atoms with Crippen LogP contribution in [0.2, 0.25) is 0 Å². The number of nitrogens with one attached hydrogen (secondary N) is 1. The standard InChI is InChI=1S/C22H40N4O2.2ClH/c1-3-24-12-14-26(15-13-24)22(28)17-19-6-10-25(11-7-19)21(27)16-18(2)20-4-8-23-9-5-20;;/h18-20,23H,3-17H2,1-2H3;2*1H. The van der Waals surface area contributed by atoms with E-state index in [1.54, 1.807) is 0 Å². The van der Waals surface area contributed by atoms with Crippen LogP contribution in [0.1, 0.15) is 52.4 Å². The molecule has 0 radical (unpaired) electrons. The summed E-state index contributed by atoms with van der Waals surface area (Å²) in [6, 6.07) is 0. The largest absolute Gasteiger partial charge is 0.343 e. The number of amides is 2. The van der Waals surface area contributed by atoms with E-state index >= 15 is 0 Å². The molecular formula is C22H42Cl2N4O2. The molecule has 3 rings (SSSR count). The van der Waals surface area contributed by atoms with Crippen LogP contribution in [0.5, 0.6) is 0 Å². The van der Waals surface area contributed by atoms with Crippen molar-refractivity contribution in [2.45, 2.75) is 52.4 Å². The molecule has 3 heterocycles. The quantitative estimate of drug-likeness (QED) is 0.656. The molecule has 0 aliphatic carbocycles. The molecule has 8 heteroatoms. The van der Waals surface area contributed by atoms with Crippen molar-refractivity contribution >= 4 is 36.6 Å². The van der Waals surface area contributed by atoms with E-state index in [0.29, 0.717) is 42.4 Å². The topological polar surface area (TPSA) is 55.9 Å². The van der Waals surface area contributed by atoms with Gasteiger partial charge >= 0.3 is 0 Å². The summed E-state index contributed by atoms with van der Waals surface area (Å²) in [7, 11) is 0. The van der Waals surface area contributed by atoms with Crippen LogP contribution in [0.3, 0.4) is 0 Å². The summed E-state index contributed by atoms with van der Waals surface area (Å²) in [5.74, 6) is 2.26. The number of piperidine rings is 2. The molecule has 0 bridgehead atoms.